The van der Waals surface area contributed by atoms with Crippen molar-refractivity contribution in [1.82, 2.24) is 9.97 Å². The molecule has 1 aliphatic carbocycles. The minimum atomic E-state index is 0.395. The molecule has 1 aromatic heterocycles. The van der Waals surface area contributed by atoms with Gasteiger partial charge in [-0.15, -0.1) is 0 Å². The largest absolute Gasteiger partial charge is 0.368 e. The van der Waals surface area contributed by atoms with Gasteiger partial charge in [-0.05, 0) is 26.2 Å². The molecule has 106 valence electrons. The third-order valence-electron chi connectivity index (χ3n) is 3.83. The molecule has 1 N–H and O–H groups in total. The predicted octanol–water partition coefficient (Wildman–Crippen LogP) is 3.31. The number of anilines is 2. The quantitative estimate of drug-likeness (QED) is 0.854. The van der Waals surface area contributed by atoms with Gasteiger partial charge in [-0.25, -0.2) is 9.97 Å². The third-order valence-corrected chi connectivity index (χ3v) is 3.83. The van der Waals surface area contributed by atoms with Crippen LogP contribution in [0.4, 0.5) is 11.6 Å². The van der Waals surface area contributed by atoms with Gasteiger partial charge in [-0.3, -0.25) is 0 Å². The van der Waals surface area contributed by atoms with E-state index in [1.54, 1.807) is 6.33 Å². The van der Waals surface area contributed by atoms with Crippen molar-refractivity contribution in [2.24, 2.45) is 5.92 Å². The van der Waals surface area contributed by atoms with Crippen LogP contribution < -0.4 is 10.2 Å². The van der Waals surface area contributed by atoms with E-state index in [0.29, 0.717) is 6.04 Å². The van der Waals surface area contributed by atoms with Crippen molar-refractivity contribution in [2.75, 3.05) is 23.8 Å². The van der Waals surface area contributed by atoms with E-state index < -0.39 is 0 Å². The molecule has 0 bridgehead atoms. The molecule has 1 aromatic rings. The van der Waals surface area contributed by atoms with Gasteiger partial charge in [0, 0.05) is 25.7 Å². The Morgan fingerprint density at radius 1 is 1.32 bits per heavy atom. The fraction of sp³-hybridized carbons (Fsp3) is 0.733. The van der Waals surface area contributed by atoms with Crippen LogP contribution in [0, 0.1) is 5.92 Å². The van der Waals surface area contributed by atoms with Gasteiger partial charge < -0.3 is 10.2 Å². The summed E-state index contributed by atoms with van der Waals surface area (Å²) in [6, 6.07) is 2.43. The van der Waals surface area contributed by atoms with Crippen LogP contribution in [0.15, 0.2) is 12.4 Å². The Morgan fingerprint density at radius 2 is 2.05 bits per heavy atom. The maximum atomic E-state index is 4.37. The smallest absolute Gasteiger partial charge is 0.133 e. The highest BCUT2D eigenvalue weighted by molar-refractivity contribution is 5.48. The highest BCUT2D eigenvalue weighted by Gasteiger charge is 2.15. The molecule has 2 rings (SSSR count). The topological polar surface area (TPSA) is 41.0 Å². The molecule has 0 aliphatic heterocycles. The Kier molecular flexibility index (Phi) is 5.00. The number of rotatable bonds is 6. The Bertz CT molecular complexity index is 385. The second-order valence-corrected chi connectivity index (χ2v) is 5.92. The molecule has 4 nitrogen and oxygen atoms in total. The van der Waals surface area contributed by atoms with Crippen molar-refractivity contribution < 1.29 is 0 Å². The number of hydrogen-bond acceptors (Lipinski definition) is 4. The van der Waals surface area contributed by atoms with Crippen LogP contribution in [0.2, 0.25) is 0 Å². The summed E-state index contributed by atoms with van der Waals surface area (Å²) >= 11 is 0. The van der Waals surface area contributed by atoms with Gasteiger partial charge in [0.25, 0.3) is 0 Å². The molecule has 1 saturated carbocycles. The lowest BCUT2D eigenvalue weighted by Crippen LogP contribution is -2.22. The van der Waals surface area contributed by atoms with Crippen molar-refractivity contribution in [1.29, 1.82) is 0 Å². The molecular formula is C15H26N4. The van der Waals surface area contributed by atoms with Crippen molar-refractivity contribution in [3.05, 3.63) is 12.4 Å². The van der Waals surface area contributed by atoms with E-state index in [0.717, 1.165) is 24.1 Å². The first-order valence-electron chi connectivity index (χ1n) is 7.45. The SMILES string of the molecule is CC(C)Nc1cc(N(C)CCC2CCCC2)ncn1. The second-order valence-electron chi connectivity index (χ2n) is 5.92. The molecule has 0 aromatic carbocycles. The average molecular weight is 262 g/mol. The van der Waals surface area contributed by atoms with Gasteiger partial charge in [-0.2, -0.15) is 0 Å². The van der Waals surface area contributed by atoms with Crippen molar-refractivity contribution in [3.63, 3.8) is 0 Å². The van der Waals surface area contributed by atoms with E-state index in [4.69, 9.17) is 0 Å². The fourth-order valence-electron chi connectivity index (χ4n) is 2.72. The molecule has 0 saturated heterocycles. The summed E-state index contributed by atoms with van der Waals surface area (Å²) in [4.78, 5) is 10.9. The van der Waals surface area contributed by atoms with Crippen LogP contribution in [-0.2, 0) is 0 Å². The lowest BCUT2D eigenvalue weighted by atomic mass is 10.0. The van der Waals surface area contributed by atoms with Crippen LogP contribution in [0.25, 0.3) is 0 Å². The summed E-state index contributed by atoms with van der Waals surface area (Å²) in [5.41, 5.74) is 0. The van der Waals surface area contributed by atoms with E-state index in [2.05, 4.69) is 41.1 Å². The molecule has 0 atom stereocenters. The van der Waals surface area contributed by atoms with E-state index in [-0.39, 0.29) is 0 Å². The van der Waals surface area contributed by atoms with E-state index in [9.17, 15) is 0 Å². The molecule has 1 fully saturated rings. The number of aromatic nitrogens is 2. The zero-order valence-corrected chi connectivity index (χ0v) is 12.4. The molecular weight excluding hydrogens is 236 g/mol. The highest BCUT2D eigenvalue weighted by atomic mass is 15.2. The Hall–Kier alpha value is -1.32. The zero-order chi connectivity index (χ0) is 13.7. The van der Waals surface area contributed by atoms with Crippen molar-refractivity contribution >= 4 is 11.6 Å². The van der Waals surface area contributed by atoms with Gasteiger partial charge >= 0.3 is 0 Å². The summed E-state index contributed by atoms with van der Waals surface area (Å²) in [6.45, 7) is 5.32. The third kappa shape index (κ3) is 4.37. The summed E-state index contributed by atoms with van der Waals surface area (Å²) < 4.78 is 0. The molecule has 0 radical (unpaired) electrons. The second kappa shape index (κ2) is 6.73. The predicted molar refractivity (Wildman–Crippen MR) is 80.6 cm³/mol. The molecule has 0 spiro atoms. The first kappa shape index (κ1) is 14.1. The maximum Gasteiger partial charge on any atom is 0.133 e. The van der Waals surface area contributed by atoms with E-state index in [1.165, 1.54) is 32.1 Å². The van der Waals surface area contributed by atoms with Crippen molar-refractivity contribution in [3.8, 4) is 0 Å². The first-order chi connectivity index (χ1) is 9.15. The van der Waals surface area contributed by atoms with Crippen molar-refractivity contribution in [2.45, 2.75) is 52.0 Å². The van der Waals surface area contributed by atoms with Gasteiger partial charge in [0.05, 0.1) is 0 Å². The maximum absolute atomic E-state index is 4.37. The van der Waals surface area contributed by atoms with Crippen LogP contribution in [-0.4, -0.2) is 29.6 Å². The molecule has 0 amide bonds. The van der Waals surface area contributed by atoms with E-state index >= 15 is 0 Å². The molecule has 19 heavy (non-hydrogen) atoms. The summed E-state index contributed by atoms with van der Waals surface area (Å²) in [6.07, 6.45) is 8.60. The minimum absolute atomic E-state index is 0.395. The monoisotopic (exact) mass is 262 g/mol. The summed E-state index contributed by atoms with van der Waals surface area (Å²) in [5, 5.41) is 3.32. The molecule has 1 aliphatic rings. The normalized spacial score (nSPS) is 16.0. The van der Waals surface area contributed by atoms with Crippen LogP contribution >= 0.6 is 0 Å². The molecule has 1 heterocycles. The minimum Gasteiger partial charge on any atom is -0.368 e. The number of nitrogens with zero attached hydrogens (tertiary/aromatic N) is 3. The lowest BCUT2D eigenvalue weighted by molar-refractivity contribution is 0.504. The molecule has 4 heteroatoms. The van der Waals surface area contributed by atoms with Gasteiger partial charge in [0.1, 0.15) is 18.0 Å². The van der Waals surface area contributed by atoms with Crippen LogP contribution in [0.1, 0.15) is 46.0 Å². The number of hydrogen-bond donors (Lipinski definition) is 1. The Balaban J connectivity index is 1.88. The first-order valence-corrected chi connectivity index (χ1v) is 7.45. The van der Waals surface area contributed by atoms with Crippen LogP contribution in [0.3, 0.4) is 0 Å². The lowest BCUT2D eigenvalue weighted by Gasteiger charge is -2.20. The fourth-order valence-corrected chi connectivity index (χ4v) is 2.72. The molecule has 0 unspecified atom stereocenters. The Labute approximate surface area is 116 Å². The highest BCUT2D eigenvalue weighted by Crippen LogP contribution is 2.28. The van der Waals surface area contributed by atoms with Gasteiger partial charge in [-0.1, -0.05) is 25.7 Å². The summed E-state index contributed by atoms with van der Waals surface area (Å²) in [7, 11) is 2.12. The van der Waals surface area contributed by atoms with E-state index in [1.807, 2.05) is 6.07 Å². The Morgan fingerprint density at radius 3 is 2.74 bits per heavy atom. The van der Waals surface area contributed by atoms with Gasteiger partial charge in [0.2, 0.25) is 0 Å². The zero-order valence-electron chi connectivity index (χ0n) is 12.4. The average Bonchev–Trinajstić information content (AvgIpc) is 2.88. The standard InChI is InChI=1S/C15H26N4/c1-12(2)18-14-10-15(17-11-16-14)19(3)9-8-13-6-4-5-7-13/h10-13H,4-9H2,1-3H3,(H,16,17,18). The summed E-state index contributed by atoms with van der Waals surface area (Å²) in [5.74, 6) is 2.85. The number of nitrogens with one attached hydrogen (secondary N) is 1. The van der Waals surface area contributed by atoms with Crippen LogP contribution in [0.5, 0.6) is 0 Å². The van der Waals surface area contributed by atoms with Gasteiger partial charge in [0.15, 0.2) is 0 Å².